The monoisotopic (exact) mass is 268 g/mol. The predicted molar refractivity (Wildman–Crippen MR) is 72.6 cm³/mol. The molecule has 1 aromatic heterocycles. The summed E-state index contributed by atoms with van der Waals surface area (Å²) in [5.41, 5.74) is 5.96. The molecule has 1 aromatic rings. The van der Waals surface area contributed by atoms with Crippen LogP contribution in [0.4, 0.5) is 5.13 Å². The van der Waals surface area contributed by atoms with Gasteiger partial charge in [-0.3, -0.25) is 4.79 Å². The van der Waals surface area contributed by atoms with Gasteiger partial charge in [-0.05, 0) is 18.8 Å². The van der Waals surface area contributed by atoms with Crippen molar-refractivity contribution in [3.05, 3.63) is 5.01 Å². The van der Waals surface area contributed by atoms with Gasteiger partial charge >= 0.3 is 0 Å². The van der Waals surface area contributed by atoms with Crippen molar-refractivity contribution in [3.63, 3.8) is 0 Å². The van der Waals surface area contributed by atoms with Crippen molar-refractivity contribution in [1.29, 1.82) is 0 Å². The van der Waals surface area contributed by atoms with Gasteiger partial charge in [0, 0.05) is 18.4 Å². The van der Waals surface area contributed by atoms with E-state index in [2.05, 4.69) is 29.4 Å². The summed E-state index contributed by atoms with van der Waals surface area (Å²) in [6.07, 6.45) is 3.73. The number of hydrogen-bond acceptors (Lipinski definition) is 5. The molecule has 1 saturated carbocycles. The minimum Gasteiger partial charge on any atom is -0.327 e. The highest BCUT2D eigenvalue weighted by Crippen LogP contribution is 2.28. The van der Waals surface area contributed by atoms with Gasteiger partial charge in [0.05, 0.1) is 0 Å². The first-order valence-electron chi connectivity index (χ1n) is 6.45. The molecule has 1 aliphatic rings. The van der Waals surface area contributed by atoms with E-state index >= 15 is 0 Å². The molecule has 1 aliphatic carbocycles. The van der Waals surface area contributed by atoms with Crippen molar-refractivity contribution in [2.75, 3.05) is 5.32 Å². The fourth-order valence-corrected chi connectivity index (χ4v) is 3.01. The van der Waals surface area contributed by atoms with E-state index < -0.39 is 0 Å². The Balaban J connectivity index is 1.86. The lowest BCUT2D eigenvalue weighted by Gasteiger charge is -2.13. The van der Waals surface area contributed by atoms with Crippen LogP contribution in [0.5, 0.6) is 0 Å². The number of aromatic nitrogens is 2. The quantitative estimate of drug-likeness (QED) is 0.876. The van der Waals surface area contributed by atoms with E-state index in [1.54, 1.807) is 0 Å². The Morgan fingerprint density at radius 1 is 1.50 bits per heavy atom. The van der Waals surface area contributed by atoms with Crippen molar-refractivity contribution in [2.24, 2.45) is 11.7 Å². The maximum Gasteiger partial charge on any atom is 0.226 e. The number of anilines is 1. The second-order valence-corrected chi connectivity index (χ2v) is 6.22. The molecule has 2 rings (SSSR count). The Labute approximate surface area is 111 Å². The predicted octanol–water partition coefficient (Wildman–Crippen LogP) is 2.12. The van der Waals surface area contributed by atoms with Crippen LogP contribution in [-0.2, 0) is 4.79 Å². The summed E-state index contributed by atoms with van der Waals surface area (Å²) < 4.78 is 0. The van der Waals surface area contributed by atoms with Gasteiger partial charge in [0.2, 0.25) is 11.0 Å². The van der Waals surface area contributed by atoms with E-state index in [4.69, 9.17) is 5.73 Å². The molecule has 6 heteroatoms. The van der Waals surface area contributed by atoms with Gasteiger partial charge in [0.1, 0.15) is 5.01 Å². The molecular formula is C12H20N4OS. The summed E-state index contributed by atoms with van der Waals surface area (Å²) in [5, 5.41) is 12.4. The third-order valence-corrected chi connectivity index (χ3v) is 4.49. The molecule has 0 spiro atoms. The zero-order chi connectivity index (χ0) is 13.1. The van der Waals surface area contributed by atoms with Gasteiger partial charge in [-0.15, -0.1) is 10.2 Å². The first-order chi connectivity index (χ1) is 8.56. The number of rotatable bonds is 4. The Morgan fingerprint density at radius 3 is 2.83 bits per heavy atom. The summed E-state index contributed by atoms with van der Waals surface area (Å²) in [5.74, 6) is 0.669. The highest BCUT2D eigenvalue weighted by atomic mass is 32.1. The molecule has 0 aliphatic heterocycles. The minimum absolute atomic E-state index is 0.00352. The lowest BCUT2D eigenvalue weighted by Crippen LogP contribution is -2.28. The average Bonchev–Trinajstić information content (AvgIpc) is 2.89. The molecule has 1 heterocycles. The highest BCUT2D eigenvalue weighted by Gasteiger charge is 2.26. The number of carbonyl (C=O) groups excluding carboxylic acids is 1. The van der Waals surface area contributed by atoms with Crippen LogP contribution in [0.25, 0.3) is 0 Å². The SMILES string of the molecule is CC(C)c1nnc(NC(=O)C[C@@H]2CCC[C@H]2N)s1. The molecule has 1 amide bonds. The highest BCUT2D eigenvalue weighted by molar-refractivity contribution is 7.15. The fraction of sp³-hybridized carbons (Fsp3) is 0.750. The van der Waals surface area contributed by atoms with Crippen molar-refractivity contribution in [1.82, 2.24) is 10.2 Å². The summed E-state index contributed by atoms with van der Waals surface area (Å²) in [6, 6.07) is 0.177. The summed E-state index contributed by atoms with van der Waals surface area (Å²) >= 11 is 1.44. The number of nitrogens with zero attached hydrogens (tertiary/aromatic N) is 2. The van der Waals surface area contributed by atoms with Crippen molar-refractivity contribution < 1.29 is 4.79 Å². The standard InChI is InChI=1S/C12H20N4OS/c1-7(2)11-15-16-12(18-11)14-10(17)6-8-4-3-5-9(8)13/h7-9H,3-6,13H2,1-2H3,(H,14,16,17)/t8-,9+/m0/s1. The largest absolute Gasteiger partial charge is 0.327 e. The van der Waals surface area contributed by atoms with Crippen LogP contribution in [0.2, 0.25) is 0 Å². The van der Waals surface area contributed by atoms with Crippen LogP contribution >= 0.6 is 11.3 Å². The van der Waals surface area contributed by atoms with Crippen molar-refractivity contribution in [3.8, 4) is 0 Å². The normalized spacial score (nSPS) is 23.6. The molecule has 0 bridgehead atoms. The second kappa shape index (κ2) is 5.75. The van der Waals surface area contributed by atoms with E-state index in [1.165, 1.54) is 11.3 Å². The summed E-state index contributed by atoms with van der Waals surface area (Å²) in [4.78, 5) is 11.9. The van der Waals surface area contributed by atoms with E-state index in [9.17, 15) is 4.79 Å². The van der Waals surface area contributed by atoms with Crippen LogP contribution in [-0.4, -0.2) is 22.1 Å². The molecule has 0 unspecified atom stereocenters. The topological polar surface area (TPSA) is 80.9 Å². The molecular weight excluding hydrogens is 248 g/mol. The van der Waals surface area contributed by atoms with Gasteiger partial charge in [0.15, 0.2) is 0 Å². The van der Waals surface area contributed by atoms with Gasteiger partial charge in [-0.1, -0.05) is 31.6 Å². The Hall–Kier alpha value is -1.01. The van der Waals surface area contributed by atoms with Crippen LogP contribution < -0.4 is 11.1 Å². The minimum atomic E-state index is 0.00352. The molecule has 0 saturated heterocycles. The van der Waals surface area contributed by atoms with Gasteiger partial charge in [0.25, 0.3) is 0 Å². The van der Waals surface area contributed by atoms with Crippen molar-refractivity contribution >= 4 is 22.4 Å². The number of nitrogens with one attached hydrogen (secondary N) is 1. The third kappa shape index (κ3) is 3.26. The van der Waals surface area contributed by atoms with Crippen LogP contribution in [0, 0.1) is 5.92 Å². The van der Waals surface area contributed by atoms with E-state index in [0.717, 1.165) is 24.3 Å². The van der Waals surface area contributed by atoms with Gasteiger partial charge < -0.3 is 11.1 Å². The zero-order valence-electron chi connectivity index (χ0n) is 10.8. The van der Waals surface area contributed by atoms with Crippen molar-refractivity contribution in [2.45, 2.75) is 51.5 Å². The number of carbonyl (C=O) groups is 1. The molecule has 0 aromatic carbocycles. The smallest absolute Gasteiger partial charge is 0.226 e. The molecule has 3 N–H and O–H groups in total. The second-order valence-electron chi connectivity index (χ2n) is 5.21. The van der Waals surface area contributed by atoms with Crippen LogP contribution in [0.3, 0.4) is 0 Å². The third-order valence-electron chi connectivity index (χ3n) is 3.35. The molecule has 2 atom stereocenters. The van der Waals surface area contributed by atoms with Gasteiger partial charge in [-0.2, -0.15) is 0 Å². The molecule has 1 fully saturated rings. The molecule has 5 nitrogen and oxygen atoms in total. The molecule has 0 radical (unpaired) electrons. The lowest BCUT2D eigenvalue weighted by molar-refractivity contribution is -0.117. The maximum atomic E-state index is 11.9. The summed E-state index contributed by atoms with van der Waals surface area (Å²) in [6.45, 7) is 4.12. The van der Waals surface area contributed by atoms with Crippen LogP contribution in [0.15, 0.2) is 0 Å². The van der Waals surface area contributed by atoms with E-state index in [0.29, 0.717) is 23.4 Å². The first-order valence-corrected chi connectivity index (χ1v) is 7.26. The first kappa shape index (κ1) is 13.4. The average molecular weight is 268 g/mol. The Bertz CT molecular complexity index is 418. The molecule has 18 heavy (non-hydrogen) atoms. The van der Waals surface area contributed by atoms with E-state index in [1.807, 2.05) is 0 Å². The number of amides is 1. The maximum absolute atomic E-state index is 11.9. The Morgan fingerprint density at radius 2 is 2.28 bits per heavy atom. The molecule has 100 valence electrons. The van der Waals surface area contributed by atoms with E-state index in [-0.39, 0.29) is 11.9 Å². The Kier molecular flexibility index (Phi) is 4.29. The lowest BCUT2D eigenvalue weighted by atomic mass is 10.00. The fourth-order valence-electron chi connectivity index (χ4n) is 2.25. The number of hydrogen-bond donors (Lipinski definition) is 2. The summed E-state index contributed by atoms with van der Waals surface area (Å²) in [7, 11) is 0. The van der Waals surface area contributed by atoms with Crippen LogP contribution in [0.1, 0.15) is 50.5 Å². The zero-order valence-corrected chi connectivity index (χ0v) is 11.7. The number of nitrogens with two attached hydrogens (primary N) is 1. The van der Waals surface area contributed by atoms with Gasteiger partial charge in [-0.25, -0.2) is 0 Å².